The Labute approximate surface area is 93.5 Å². The maximum Gasteiger partial charge on any atom is 0.354 e. The molecule has 0 spiro atoms. The van der Waals surface area contributed by atoms with Crippen molar-refractivity contribution >= 4 is 17.7 Å². The van der Waals surface area contributed by atoms with Gasteiger partial charge in [0.1, 0.15) is 0 Å². The van der Waals surface area contributed by atoms with Gasteiger partial charge in [-0.3, -0.25) is 8.75 Å². The van der Waals surface area contributed by atoms with E-state index in [2.05, 4.69) is 8.71 Å². The van der Waals surface area contributed by atoms with Crippen molar-refractivity contribution in [1.82, 2.24) is 0 Å². The molecule has 0 heterocycles. The minimum Gasteiger partial charge on any atom is -0.323 e. The van der Waals surface area contributed by atoms with E-state index in [9.17, 15) is 13.0 Å². The van der Waals surface area contributed by atoms with Crippen LogP contribution in [0.25, 0.3) is 0 Å². The summed E-state index contributed by atoms with van der Waals surface area (Å²) in [5.74, 6) is 0. The topological polar surface area (TPSA) is 89.9 Å². The van der Waals surface area contributed by atoms with Crippen molar-refractivity contribution in [1.29, 1.82) is 0 Å². The Balaban J connectivity index is 2.79. The molecule has 1 aromatic carbocycles. The molecule has 0 aliphatic carbocycles. The summed E-state index contributed by atoms with van der Waals surface area (Å²) in [7, 11) is -7.01. The van der Waals surface area contributed by atoms with Gasteiger partial charge >= 0.3 is 7.60 Å². The molecule has 0 fully saturated rings. The van der Waals surface area contributed by atoms with Crippen LogP contribution in [0.5, 0.6) is 0 Å². The predicted octanol–water partition coefficient (Wildman–Crippen LogP) is 1.18. The monoisotopic (exact) mass is 266 g/mol. The van der Waals surface area contributed by atoms with Crippen LogP contribution < -0.4 is 0 Å². The van der Waals surface area contributed by atoms with Crippen LogP contribution in [0, 0.1) is 0 Å². The first-order chi connectivity index (χ1) is 7.37. The molecule has 0 aromatic heterocycles. The third-order valence-electron chi connectivity index (χ3n) is 1.69. The predicted molar refractivity (Wildman–Crippen MR) is 56.4 cm³/mol. The van der Waals surface area contributed by atoms with Gasteiger partial charge in [0.05, 0.1) is 4.90 Å². The van der Waals surface area contributed by atoms with E-state index in [1.165, 1.54) is 24.3 Å². The lowest BCUT2D eigenvalue weighted by atomic mass is 10.4. The van der Waals surface area contributed by atoms with Crippen LogP contribution in [-0.4, -0.2) is 26.8 Å². The second-order valence-electron chi connectivity index (χ2n) is 2.83. The van der Waals surface area contributed by atoms with Crippen molar-refractivity contribution in [2.45, 2.75) is 4.90 Å². The molecule has 1 aromatic rings. The van der Waals surface area contributed by atoms with Gasteiger partial charge in [0.25, 0.3) is 10.1 Å². The van der Waals surface area contributed by atoms with Crippen LogP contribution in [0.3, 0.4) is 0 Å². The zero-order valence-corrected chi connectivity index (χ0v) is 10.1. The first kappa shape index (κ1) is 13.3. The summed E-state index contributed by atoms with van der Waals surface area (Å²) in [6.45, 7) is 0. The highest BCUT2D eigenvalue weighted by molar-refractivity contribution is 7.87. The molecule has 1 rings (SSSR count). The smallest absolute Gasteiger partial charge is 0.323 e. The summed E-state index contributed by atoms with van der Waals surface area (Å²) in [4.78, 5) is 8.90. The van der Waals surface area contributed by atoms with E-state index in [0.717, 1.165) is 7.11 Å². The van der Waals surface area contributed by atoms with Crippen molar-refractivity contribution in [2.75, 3.05) is 13.5 Å². The standard InChI is InChI=1S/C8H11O6PS/c1-13-15(9,10)7-14-16(11,12)8-5-3-2-4-6-8/h2-6H,7H2,1H3,(H,9,10). The maximum absolute atomic E-state index is 11.5. The average molecular weight is 266 g/mol. The minimum atomic E-state index is -4.02. The van der Waals surface area contributed by atoms with Crippen molar-refractivity contribution in [2.24, 2.45) is 0 Å². The SMILES string of the molecule is COP(=O)(O)COS(=O)(=O)c1ccccc1. The van der Waals surface area contributed by atoms with Gasteiger partial charge in [-0.2, -0.15) is 8.42 Å². The molecular weight excluding hydrogens is 255 g/mol. The number of hydrogen-bond donors (Lipinski definition) is 1. The quantitative estimate of drug-likeness (QED) is 0.635. The molecule has 1 unspecified atom stereocenters. The third kappa shape index (κ3) is 3.70. The van der Waals surface area contributed by atoms with Crippen LogP contribution >= 0.6 is 7.60 Å². The van der Waals surface area contributed by atoms with E-state index < -0.39 is 24.1 Å². The fraction of sp³-hybridized carbons (Fsp3) is 0.250. The van der Waals surface area contributed by atoms with E-state index in [0.29, 0.717) is 0 Å². The fourth-order valence-corrected chi connectivity index (χ4v) is 2.66. The molecule has 8 heteroatoms. The lowest BCUT2D eigenvalue weighted by Gasteiger charge is -2.09. The Morgan fingerprint density at radius 1 is 1.31 bits per heavy atom. The molecular formula is C8H11O6PS. The third-order valence-corrected chi connectivity index (χ3v) is 4.17. The van der Waals surface area contributed by atoms with Gasteiger partial charge in [0, 0.05) is 7.11 Å². The minimum absolute atomic E-state index is 0.0777. The second kappa shape index (κ2) is 5.07. The first-order valence-corrected chi connectivity index (χ1v) is 7.36. The number of benzene rings is 1. The van der Waals surface area contributed by atoms with Gasteiger partial charge in [-0.1, -0.05) is 18.2 Å². The number of rotatable bonds is 5. The molecule has 0 amide bonds. The summed E-state index contributed by atoms with van der Waals surface area (Å²) >= 11 is 0. The summed E-state index contributed by atoms with van der Waals surface area (Å²) in [5.41, 5.74) is 0. The van der Waals surface area contributed by atoms with Crippen molar-refractivity contribution in [3.63, 3.8) is 0 Å². The van der Waals surface area contributed by atoms with Gasteiger partial charge in [0.2, 0.25) is 0 Å². The molecule has 90 valence electrons. The Morgan fingerprint density at radius 3 is 2.38 bits per heavy atom. The van der Waals surface area contributed by atoms with E-state index >= 15 is 0 Å². The zero-order valence-electron chi connectivity index (χ0n) is 8.44. The summed E-state index contributed by atoms with van der Waals surface area (Å²) in [5, 5.41) is 0. The molecule has 0 saturated heterocycles. The van der Waals surface area contributed by atoms with Crippen molar-refractivity contribution < 1.29 is 26.6 Å². The van der Waals surface area contributed by atoms with Gasteiger partial charge in [-0.05, 0) is 12.1 Å². The van der Waals surface area contributed by atoms with Crippen LogP contribution in [-0.2, 0) is 23.4 Å². The maximum atomic E-state index is 11.5. The van der Waals surface area contributed by atoms with Crippen LogP contribution in [0.15, 0.2) is 35.2 Å². The molecule has 16 heavy (non-hydrogen) atoms. The molecule has 1 N–H and O–H groups in total. The van der Waals surface area contributed by atoms with Gasteiger partial charge in [0.15, 0.2) is 6.35 Å². The largest absolute Gasteiger partial charge is 0.354 e. The van der Waals surface area contributed by atoms with Gasteiger partial charge in [-0.15, -0.1) is 0 Å². The summed E-state index contributed by atoms with van der Waals surface area (Å²) in [6.07, 6.45) is -0.902. The zero-order chi connectivity index (χ0) is 12.2. The molecule has 6 nitrogen and oxygen atoms in total. The van der Waals surface area contributed by atoms with Crippen LogP contribution in [0.1, 0.15) is 0 Å². The molecule has 0 radical (unpaired) electrons. The Bertz CT molecular complexity index is 483. The van der Waals surface area contributed by atoms with Gasteiger partial charge in [-0.25, -0.2) is 0 Å². The van der Waals surface area contributed by atoms with E-state index in [1.54, 1.807) is 6.07 Å². The lowest BCUT2D eigenvalue weighted by molar-refractivity contribution is 0.270. The Kier molecular flexibility index (Phi) is 4.23. The molecule has 0 aliphatic rings. The van der Waals surface area contributed by atoms with E-state index in [-0.39, 0.29) is 4.90 Å². The summed E-state index contributed by atoms with van der Waals surface area (Å²) < 4.78 is 42.6. The number of hydrogen-bond acceptors (Lipinski definition) is 5. The van der Waals surface area contributed by atoms with Crippen LogP contribution in [0.4, 0.5) is 0 Å². The normalized spacial score (nSPS) is 15.6. The molecule has 0 bridgehead atoms. The van der Waals surface area contributed by atoms with E-state index in [1.807, 2.05) is 0 Å². The van der Waals surface area contributed by atoms with E-state index in [4.69, 9.17) is 4.89 Å². The fourth-order valence-electron chi connectivity index (χ4n) is 0.844. The Hall–Kier alpha value is -0.720. The molecule has 0 saturated carbocycles. The second-order valence-corrected chi connectivity index (χ2v) is 6.35. The summed E-state index contributed by atoms with van der Waals surface area (Å²) in [6, 6.07) is 7.33. The van der Waals surface area contributed by atoms with Crippen molar-refractivity contribution in [3.8, 4) is 0 Å². The van der Waals surface area contributed by atoms with Crippen molar-refractivity contribution in [3.05, 3.63) is 30.3 Å². The Morgan fingerprint density at radius 2 is 1.88 bits per heavy atom. The lowest BCUT2D eigenvalue weighted by Crippen LogP contribution is -2.08. The molecule has 1 atom stereocenters. The van der Waals surface area contributed by atoms with Crippen LogP contribution in [0.2, 0.25) is 0 Å². The van der Waals surface area contributed by atoms with Gasteiger partial charge < -0.3 is 9.42 Å². The highest BCUT2D eigenvalue weighted by Gasteiger charge is 2.23. The highest BCUT2D eigenvalue weighted by atomic mass is 32.2. The first-order valence-electron chi connectivity index (χ1n) is 4.19. The molecule has 0 aliphatic heterocycles. The average Bonchev–Trinajstić information content (AvgIpc) is 2.28. The highest BCUT2D eigenvalue weighted by Crippen LogP contribution is 2.41.